The van der Waals surface area contributed by atoms with Crippen molar-refractivity contribution in [2.75, 3.05) is 0 Å². The van der Waals surface area contributed by atoms with Gasteiger partial charge in [0, 0.05) is 13.1 Å². The molecule has 1 aromatic heterocycles. The smallest absolute Gasteiger partial charge is 0.164 e. The zero-order valence-corrected chi connectivity index (χ0v) is 10.5. The fourth-order valence-corrected chi connectivity index (χ4v) is 2.56. The van der Waals surface area contributed by atoms with Crippen LogP contribution >= 0.6 is 0 Å². The third-order valence-corrected chi connectivity index (χ3v) is 3.88. The fraction of sp³-hybridized carbons (Fsp3) is 0.833. The molecule has 3 unspecified atom stereocenters. The van der Waals surface area contributed by atoms with Crippen LogP contribution in [0.15, 0.2) is 6.33 Å². The minimum Gasteiger partial charge on any atom is -0.307 e. The number of nitrogens with zero attached hydrogens (tertiary/aromatic N) is 3. The van der Waals surface area contributed by atoms with Crippen LogP contribution in [0.3, 0.4) is 0 Å². The van der Waals surface area contributed by atoms with E-state index in [9.17, 15) is 0 Å². The molecule has 3 atom stereocenters. The average Bonchev–Trinajstić information content (AvgIpc) is 2.67. The molecule has 16 heavy (non-hydrogen) atoms. The molecule has 0 aliphatic heterocycles. The van der Waals surface area contributed by atoms with Gasteiger partial charge in [-0.1, -0.05) is 26.7 Å². The van der Waals surface area contributed by atoms with Crippen molar-refractivity contribution in [3.05, 3.63) is 12.2 Å². The first-order valence-corrected chi connectivity index (χ1v) is 6.24. The lowest BCUT2D eigenvalue weighted by atomic mass is 9.78. The molecule has 1 aliphatic rings. The normalized spacial score (nSPS) is 30.6. The second-order valence-electron chi connectivity index (χ2n) is 5.09. The van der Waals surface area contributed by atoms with Crippen LogP contribution in [-0.4, -0.2) is 20.8 Å². The van der Waals surface area contributed by atoms with Crippen molar-refractivity contribution in [2.45, 2.75) is 45.7 Å². The van der Waals surface area contributed by atoms with Gasteiger partial charge in [-0.05, 0) is 18.3 Å². The first-order valence-electron chi connectivity index (χ1n) is 6.24. The lowest BCUT2D eigenvalue weighted by Crippen LogP contribution is -2.40. The molecule has 1 saturated carbocycles. The Morgan fingerprint density at radius 3 is 2.94 bits per heavy atom. The van der Waals surface area contributed by atoms with Gasteiger partial charge in [-0.3, -0.25) is 4.68 Å². The van der Waals surface area contributed by atoms with Crippen LogP contribution in [0.1, 0.15) is 38.9 Å². The number of hydrogen-bond donors (Lipinski definition) is 1. The largest absolute Gasteiger partial charge is 0.307 e. The lowest BCUT2D eigenvalue weighted by molar-refractivity contribution is 0.205. The maximum atomic E-state index is 4.28. The van der Waals surface area contributed by atoms with Crippen molar-refractivity contribution in [3.63, 3.8) is 0 Å². The van der Waals surface area contributed by atoms with Gasteiger partial charge in [0.2, 0.25) is 0 Å². The van der Waals surface area contributed by atoms with E-state index in [2.05, 4.69) is 29.2 Å². The second kappa shape index (κ2) is 4.95. The summed E-state index contributed by atoms with van der Waals surface area (Å²) in [6, 6.07) is 0.632. The Hall–Kier alpha value is -0.900. The Balaban J connectivity index is 1.85. The van der Waals surface area contributed by atoms with Gasteiger partial charge in [-0.25, -0.2) is 4.98 Å². The van der Waals surface area contributed by atoms with Crippen LogP contribution in [0.4, 0.5) is 0 Å². The Labute approximate surface area is 97.5 Å². The lowest BCUT2D eigenvalue weighted by Gasteiger charge is -2.34. The number of aromatic nitrogens is 3. The molecule has 0 saturated heterocycles. The highest BCUT2D eigenvalue weighted by atomic mass is 15.3. The first-order chi connectivity index (χ1) is 7.66. The van der Waals surface area contributed by atoms with Gasteiger partial charge in [0.25, 0.3) is 0 Å². The molecule has 0 radical (unpaired) electrons. The molecule has 0 bridgehead atoms. The summed E-state index contributed by atoms with van der Waals surface area (Å²) in [6.45, 7) is 5.51. The van der Waals surface area contributed by atoms with Gasteiger partial charge < -0.3 is 5.32 Å². The van der Waals surface area contributed by atoms with Crippen molar-refractivity contribution >= 4 is 0 Å². The summed E-state index contributed by atoms with van der Waals surface area (Å²) in [7, 11) is 1.90. The zero-order chi connectivity index (χ0) is 11.5. The van der Waals surface area contributed by atoms with Crippen molar-refractivity contribution < 1.29 is 0 Å². The summed E-state index contributed by atoms with van der Waals surface area (Å²) in [6.07, 6.45) is 5.77. The molecule has 0 aromatic carbocycles. The number of rotatable bonds is 3. The maximum Gasteiger partial charge on any atom is 0.164 e. The molecule has 0 spiro atoms. The van der Waals surface area contributed by atoms with E-state index in [0.29, 0.717) is 6.04 Å². The van der Waals surface area contributed by atoms with Crippen LogP contribution < -0.4 is 5.32 Å². The molecular formula is C12H22N4. The van der Waals surface area contributed by atoms with Gasteiger partial charge in [-0.2, -0.15) is 5.10 Å². The Morgan fingerprint density at radius 1 is 1.44 bits per heavy atom. The molecule has 1 aromatic rings. The molecule has 0 amide bonds. The number of hydrogen-bond acceptors (Lipinski definition) is 3. The molecule has 1 heterocycles. The summed E-state index contributed by atoms with van der Waals surface area (Å²) in [4.78, 5) is 4.23. The van der Waals surface area contributed by atoms with Crippen molar-refractivity contribution in [1.29, 1.82) is 0 Å². The van der Waals surface area contributed by atoms with E-state index in [1.54, 1.807) is 11.0 Å². The summed E-state index contributed by atoms with van der Waals surface area (Å²) < 4.78 is 1.75. The number of aryl methyl sites for hydroxylation is 1. The predicted octanol–water partition coefficient (Wildman–Crippen LogP) is 1.73. The minimum atomic E-state index is 0.632. The monoisotopic (exact) mass is 222 g/mol. The zero-order valence-electron chi connectivity index (χ0n) is 10.5. The van der Waals surface area contributed by atoms with Gasteiger partial charge in [-0.15, -0.1) is 0 Å². The third kappa shape index (κ3) is 2.61. The standard InChI is InChI=1S/C12H22N4/c1-9-5-4-6-11(10(9)2)13-7-12-14-8-16(3)15-12/h8-11,13H,4-7H2,1-3H3. The van der Waals surface area contributed by atoms with Crippen LogP contribution in [0.25, 0.3) is 0 Å². The van der Waals surface area contributed by atoms with E-state index in [-0.39, 0.29) is 0 Å². The summed E-state index contributed by atoms with van der Waals surface area (Å²) in [5.41, 5.74) is 0. The molecule has 1 fully saturated rings. The summed E-state index contributed by atoms with van der Waals surface area (Å²) in [5.74, 6) is 2.49. The molecule has 1 aliphatic carbocycles. The molecule has 90 valence electrons. The second-order valence-corrected chi connectivity index (χ2v) is 5.09. The van der Waals surface area contributed by atoms with E-state index >= 15 is 0 Å². The van der Waals surface area contributed by atoms with Gasteiger partial charge in [0.1, 0.15) is 6.33 Å². The summed E-state index contributed by atoms with van der Waals surface area (Å²) >= 11 is 0. The van der Waals surface area contributed by atoms with E-state index in [1.165, 1.54) is 19.3 Å². The highest BCUT2D eigenvalue weighted by Gasteiger charge is 2.26. The Morgan fingerprint density at radius 2 is 2.25 bits per heavy atom. The van der Waals surface area contributed by atoms with Crippen LogP contribution in [-0.2, 0) is 13.6 Å². The van der Waals surface area contributed by atoms with Gasteiger partial charge in [0.05, 0.1) is 6.54 Å². The average molecular weight is 222 g/mol. The topological polar surface area (TPSA) is 42.7 Å². The fourth-order valence-electron chi connectivity index (χ4n) is 2.56. The molecular weight excluding hydrogens is 200 g/mol. The SMILES string of the molecule is CC1CCCC(NCc2ncn(C)n2)C1C. The van der Waals surface area contributed by atoms with Crippen LogP contribution in [0.5, 0.6) is 0 Å². The van der Waals surface area contributed by atoms with Gasteiger partial charge in [0.15, 0.2) is 5.82 Å². The molecule has 2 rings (SSSR count). The first kappa shape index (κ1) is 11.6. The minimum absolute atomic E-state index is 0.632. The highest BCUT2D eigenvalue weighted by molar-refractivity contribution is 4.86. The maximum absolute atomic E-state index is 4.28. The van der Waals surface area contributed by atoms with E-state index < -0.39 is 0 Å². The van der Waals surface area contributed by atoms with E-state index in [0.717, 1.165) is 24.2 Å². The number of nitrogens with one attached hydrogen (secondary N) is 1. The van der Waals surface area contributed by atoms with Crippen molar-refractivity contribution in [3.8, 4) is 0 Å². The van der Waals surface area contributed by atoms with Crippen molar-refractivity contribution in [2.24, 2.45) is 18.9 Å². The van der Waals surface area contributed by atoms with Crippen molar-refractivity contribution in [1.82, 2.24) is 20.1 Å². The van der Waals surface area contributed by atoms with Crippen LogP contribution in [0, 0.1) is 11.8 Å². The van der Waals surface area contributed by atoms with E-state index in [4.69, 9.17) is 0 Å². The van der Waals surface area contributed by atoms with E-state index in [1.807, 2.05) is 7.05 Å². The third-order valence-electron chi connectivity index (χ3n) is 3.88. The summed E-state index contributed by atoms with van der Waals surface area (Å²) in [5, 5.41) is 7.88. The molecule has 1 N–H and O–H groups in total. The quantitative estimate of drug-likeness (QED) is 0.847. The Kier molecular flexibility index (Phi) is 3.59. The van der Waals surface area contributed by atoms with Crippen LogP contribution in [0.2, 0.25) is 0 Å². The highest BCUT2D eigenvalue weighted by Crippen LogP contribution is 2.29. The predicted molar refractivity (Wildman–Crippen MR) is 63.8 cm³/mol. The Bertz CT molecular complexity index is 334. The van der Waals surface area contributed by atoms with Gasteiger partial charge >= 0.3 is 0 Å². The molecule has 4 nitrogen and oxygen atoms in total. The molecule has 4 heteroatoms.